The predicted molar refractivity (Wildman–Crippen MR) is 111 cm³/mol. The number of amides is 2. The number of aromatic nitrogens is 2. The molecule has 1 atom stereocenters. The Morgan fingerprint density at radius 2 is 2.15 bits per heavy atom. The fourth-order valence-electron chi connectivity index (χ4n) is 2.86. The number of nitrogens with zero attached hydrogens (tertiary/aromatic N) is 3. The molecule has 1 aromatic heterocycles. The van der Waals surface area contributed by atoms with Gasteiger partial charge in [-0.25, -0.2) is 0 Å². The van der Waals surface area contributed by atoms with Crippen LogP contribution in [0.1, 0.15) is 37.3 Å². The Morgan fingerprint density at radius 3 is 2.89 bits per heavy atom. The highest BCUT2D eigenvalue weighted by Crippen LogP contribution is 2.29. The molecule has 2 amide bonds. The number of thioether (sulfide) groups is 1. The SMILES string of the molecule is CCCCSc1nnc(NC(=O)[C@@H]2CC(=O)N(c3ccc(C)c(C)c3)C2)s1. The second-order valence-corrected chi connectivity index (χ2v) is 9.06. The molecule has 0 radical (unpaired) electrons. The molecule has 144 valence electrons. The Morgan fingerprint density at radius 1 is 1.33 bits per heavy atom. The van der Waals surface area contributed by atoms with E-state index in [0.29, 0.717) is 11.7 Å². The first-order valence-electron chi connectivity index (χ1n) is 9.12. The second-order valence-electron chi connectivity index (χ2n) is 6.74. The monoisotopic (exact) mass is 404 g/mol. The summed E-state index contributed by atoms with van der Waals surface area (Å²) in [4.78, 5) is 26.7. The highest BCUT2D eigenvalue weighted by atomic mass is 32.2. The Hall–Kier alpha value is -1.93. The van der Waals surface area contributed by atoms with Gasteiger partial charge in [-0.1, -0.05) is 42.5 Å². The van der Waals surface area contributed by atoms with Crippen LogP contribution < -0.4 is 10.2 Å². The van der Waals surface area contributed by atoms with E-state index in [1.807, 2.05) is 32.0 Å². The smallest absolute Gasteiger partial charge is 0.231 e. The van der Waals surface area contributed by atoms with Gasteiger partial charge in [0.05, 0.1) is 5.92 Å². The summed E-state index contributed by atoms with van der Waals surface area (Å²) in [6.07, 6.45) is 2.49. The van der Waals surface area contributed by atoms with Crippen LogP contribution in [0.3, 0.4) is 0 Å². The molecule has 1 N–H and O–H groups in total. The normalized spacial score (nSPS) is 16.8. The van der Waals surface area contributed by atoms with E-state index in [1.54, 1.807) is 16.7 Å². The zero-order valence-corrected chi connectivity index (χ0v) is 17.5. The van der Waals surface area contributed by atoms with Crippen molar-refractivity contribution in [3.63, 3.8) is 0 Å². The maximum absolute atomic E-state index is 12.6. The third kappa shape index (κ3) is 4.87. The van der Waals surface area contributed by atoms with Crippen molar-refractivity contribution in [2.24, 2.45) is 5.92 Å². The number of unbranched alkanes of at least 4 members (excludes halogenated alkanes) is 1. The molecule has 0 spiro atoms. The molecule has 27 heavy (non-hydrogen) atoms. The molecule has 2 aromatic rings. The van der Waals surface area contributed by atoms with Crippen molar-refractivity contribution < 1.29 is 9.59 Å². The van der Waals surface area contributed by atoms with E-state index in [4.69, 9.17) is 0 Å². The van der Waals surface area contributed by atoms with Crippen LogP contribution in [0.4, 0.5) is 10.8 Å². The lowest BCUT2D eigenvalue weighted by Gasteiger charge is -2.17. The van der Waals surface area contributed by atoms with E-state index in [0.717, 1.165) is 34.2 Å². The second kappa shape index (κ2) is 8.84. The first-order chi connectivity index (χ1) is 13.0. The average molecular weight is 405 g/mol. The highest BCUT2D eigenvalue weighted by Gasteiger charge is 2.35. The van der Waals surface area contributed by atoms with Crippen molar-refractivity contribution in [2.45, 2.75) is 44.4 Å². The fourth-order valence-corrected chi connectivity index (χ4v) is 4.77. The highest BCUT2D eigenvalue weighted by molar-refractivity contribution is 8.01. The number of benzene rings is 1. The van der Waals surface area contributed by atoms with E-state index in [2.05, 4.69) is 22.4 Å². The molecule has 1 saturated heterocycles. The third-order valence-electron chi connectivity index (χ3n) is 4.66. The summed E-state index contributed by atoms with van der Waals surface area (Å²) < 4.78 is 0.859. The summed E-state index contributed by atoms with van der Waals surface area (Å²) in [5.41, 5.74) is 3.17. The maximum Gasteiger partial charge on any atom is 0.231 e. The molecule has 1 aliphatic heterocycles. The summed E-state index contributed by atoms with van der Waals surface area (Å²) in [7, 11) is 0. The van der Waals surface area contributed by atoms with E-state index in [9.17, 15) is 9.59 Å². The molecule has 1 aliphatic rings. The van der Waals surface area contributed by atoms with Crippen molar-refractivity contribution >= 4 is 45.7 Å². The van der Waals surface area contributed by atoms with Crippen LogP contribution in [0.15, 0.2) is 22.5 Å². The number of aryl methyl sites for hydroxylation is 2. The molecule has 3 rings (SSSR count). The minimum Gasteiger partial charge on any atom is -0.312 e. The van der Waals surface area contributed by atoms with Crippen molar-refractivity contribution in [1.29, 1.82) is 0 Å². The lowest BCUT2D eigenvalue weighted by atomic mass is 10.1. The molecule has 0 aliphatic carbocycles. The lowest BCUT2D eigenvalue weighted by Crippen LogP contribution is -2.28. The van der Waals surface area contributed by atoms with Crippen molar-refractivity contribution in [1.82, 2.24) is 10.2 Å². The summed E-state index contributed by atoms with van der Waals surface area (Å²) in [5, 5.41) is 11.5. The zero-order chi connectivity index (χ0) is 19.4. The van der Waals surface area contributed by atoms with Gasteiger partial charge < -0.3 is 10.2 Å². The van der Waals surface area contributed by atoms with Gasteiger partial charge in [-0.15, -0.1) is 10.2 Å². The molecular formula is C19H24N4O2S2. The summed E-state index contributed by atoms with van der Waals surface area (Å²) >= 11 is 3.04. The molecule has 6 nitrogen and oxygen atoms in total. The zero-order valence-electron chi connectivity index (χ0n) is 15.8. The minimum atomic E-state index is -0.376. The number of anilines is 2. The van der Waals surface area contributed by atoms with Gasteiger partial charge in [0, 0.05) is 24.4 Å². The Balaban J connectivity index is 1.59. The summed E-state index contributed by atoms with van der Waals surface area (Å²) in [5.74, 6) is 0.433. The molecular weight excluding hydrogens is 380 g/mol. The van der Waals surface area contributed by atoms with Gasteiger partial charge in [0.2, 0.25) is 16.9 Å². The van der Waals surface area contributed by atoms with E-state index >= 15 is 0 Å². The molecule has 0 unspecified atom stereocenters. The number of hydrogen-bond acceptors (Lipinski definition) is 6. The van der Waals surface area contributed by atoms with E-state index in [1.165, 1.54) is 16.9 Å². The fraction of sp³-hybridized carbons (Fsp3) is 0.474. The number of carbonyl (C=O) groups excluding carboxylic acids is 2. The summed E-state index contributed by atoms with van der Waals surface area (Å²) in [6, 6.07) is 5.94. The van der Waals surface area contributed by atoms with Crippen LogP contribution in [0.2, 0.25) is 0 Å². The van der Waals surface area contributed by atoms with E-state index in [-0.39, 0.29) is 24.2 Å². The predicted octanol–water partition coefficient (Wildman–Crippen LogP) is 4.04. The Labute approximate surface area is 167 Å². The van der Waals surface area contributed by atoms with Gasteiger partial charge in [0.1, 0.15) is 0 Å². The van der Waals surface area contributed by atoms with Gasteiger partial charge in [0.15, 0.2) is 4.34 Å². The van der Waals surface area contributed by atoms with Crippen molar-refractivity contribution in [3.05, 3.63) is 29.3 Å². The van der Waals surface area contributed by atoms with Crippen LogP contribution in [0, 0.1) is 19.8 Å². The first kappa shape index (κ1) is 19.8. The van der Waals surface area contributed by atoms with Crippen LogP contribution in [0.25, 0.3) is 0 Å². The lowest BCUT2D eigenvalue weighted by molar-refractivity contribution is -0.122. The van der Waals surface area contributed by atoms with Crippen LogP contribution in [-0.2, 0) is 9.59 Å². The molecule has 1 fully saturated rings. The minimum absolute atomic E-state index is 0.0218. The number of hydrogen-bond donors (Lipinski definition) is 1. The van der Waals surface area contributed by atoms with Gasteiger partial charge in [-0.2, -0.15) is 0 Å². The molecule has 1 aromatic carbocycles. The van der Waals surface area contributed by atoms with Crippen LogP contribution in [0.5, 0.6) is 0 Å². The summed E-state index contributed by atoms with van der Waals surface area (Å²) in [6.45, 7) is 6.60. The molecule has 2 heterocycles. The van der Waals surface area contributed by atoms with Gasteiger partial charge in [-0.3, -0.25) is 9.59 Å². The Bertz CT molecular complexity index is 837. The van der Waals surface area contributed by atoms with Crippen LogP contribution in [-0.4, -0.2) is 34.3 Å². The maximum atomic E-state index is 12.6. The third-order valence-corrected chi connectivity index (χ3v) is 6.72. The number of nitrogens with one attached hydrogen (secondary N) is 1. The van der Waals surface area contributed by atoms with Gasteiger partial charge in [0.25, 0.3) is 0 Å². The quantitative estimate of drug-likeness (QED) is 0.428. The van der Waals surface area contributed by atoms with Gasteiger partial charge in [-0.05, 0) is 43.5 Å². The van der Waals surface area contributed by atoms with Gasteiger partial charge >= 0.3 is 0 Å². The van der Waals surface area contributed by atoms with Crippen LogP contribution >= 0.6 is 23.1 Å². The topological polar surface area (TPSA) is 75.2 Å². The number of carbonyl (C=O) groups is 2. The van der Waals surface area contributed by atoms with Crippen molar-refractivity contribution in [2.75, 3.05) is 22.5 Å². The largest absolute Gasteiger partial charge is 0.312 e. The van der Waals surface area contributed by atoms with Crippen molar-refractivity contribution in [3.8, 4) is 0 Å². The Kier molecular flexibility index (Phi) is 6.49. The average Bonchev–Trinajstić information content (AvgIpc) is 3.24. The standard InChI is InChI=1S/C19H24N4O2S2/c1-4-5-8-26-19-22-21-18(27-19)20-17(25)14-10-16(24)23(11-14)15-7-6-12(2)13(3)9-15/h6-7,9,14H,4-5,8,10-11H2,1-3H3,(H,20,21,25)/t14-/m1/s1. The molecule has 0 saturated carbocycles. The molecule has 8 heteroatoms. The van der Waals surface area contributed by atoms with E-state index < -0.39 is 0 Å². The number of rotatable bonds is 7. The first-order valence-corrected chi connectivity index (χ1v) is 10.9. The molecule has 0 bridgehead atoms.